The van der Waals surface area contributed by atoms with Crippen LogP contribution in [0.25, 0.3) is 0 Å². The van der Waals surface area contributed by atoms with Gasteiger partial charge in [0.1, 0.15) is 0 Å². The van der Waals surface area contributed by atoms with Crippen LogP contribution in [0.2, 0.25) is 0 Å². The highest BCUT2D eigenvalue weighted by atomic mass is 32.2. The number of nitrogen functional groups attached to an aromatic ring is 1. The largest absolute Gasteiger partial charge is 0.398 e. The third-order valence-corrected chi connectivity index (χ3v) is 3.31. The predicted octanol–water partition coefficient (Wildman–Crippen LogP) is 1.82. The summed E-state index contributed by atoms with van der Waals surface area (Å²) in [7, 11) is 0. The van der Waals surface area contributed by atoms with Crippen molar-refractivity contribution in [2.45, 2.75) is 20.4 Å². The third kappa shape index (κ3) is 4.42. The van der Waals surface area contributed by atoms with E-state index in [2.05, 4.69) is 13.8 Å². The van der Waals surface area contributed by atoms with E-state index < -0.39 is 0 Å². The van der Waals surface area contributed by atoms with Gasteiger partial charge in [0.05, 0.1) is 0 Å². The molecular weight excluding hydrogens is 208 g/mol. The molecule has 1 rings (SSSR count). The zero-order chi connectivity index (χ0) is 11.3. The number of thioether (sulfide) groups is 1. The van der Waals surface area contributed by atoms with Crippen LogP contribution in [-0.2, 0) is 6.54 Å². The fourth-order valence-corrected chi connectivity index (χ4v) is 2.17. The maximum absolute atomic E-state index is 11.4. The van der Waals surface area contributed by atoms with E-state index in [0.29, 0.717) is 11.6 Å². The molecule has 1 aromatic heterocycles. The minimum Gasteiger partial charge on any atom is -0.398 e. The van der Waals surface area contributed by atoms with Gasteiger partial charge >= 0.3 is 0 Å². The van der Waals surface area contributed by atoms with Crippen LogP contribution in [-0.4, -0.2) is 16.1 Å². The molecule has 0 spiro atoms. The second-order valence-corrected chi connectivity index (χ2v) is 5.11. The molecule has 0 bridgehead atoms. The smallest absolute Gasteiger partial charge is 0.250 e. The second kappa shape index (κ2) is 5.85. The van der Waals surface area contributed by atoms with Gasteiger partial charge < -0.3 is 10.3 Å². The van der Waals surface area contributed by atoms with Gasteiger partial charge in [-0.3, -0.25) is 4.79 Å². The summed E-state index contributed by atoms with van der Waals surface area (Å²) in [5, 5.41) is 0. The summed E-state index contributed by atoms with van der Waals surface area (Å²) < 4.78 is 1.67. The van der Waals surface area contributed by atoms with Crippen molar-refractivity contribution in [1.82, 2.24) is 4.57 Å². The van der Waals surface area contributed by atoms with Gasteiger partial charge in [-0.15, -0.1) is 0 Å². The Morgan fingerprint density at radius 1 is 1.47 bits per heavy atom. The van der Waals surface area contributed by atoms with E-state index in [-0.39, 0.29) is 5.56 Å². The van der Waals surface area contributed by atoms with Crippen LogP contribution in [0.5, 0.6) is 0 Å². The van der Waals surface area contributed by atoms with Gasteiger partial charge in [-0.25, -0.2) is 0 Å². The lowest BCUT2D eigenvalue weighted by molar-refractivity contribution is 0.727. The molecule has 0 atom stereocenters. The molecule has 0 aliphatic rings. The first-order chi connectivity index (χ1) is 7.09. The van der Waals surface area contributed by atoms with Crippen LogP contribution in [0.3, 0.4) is 0 Å². The molecule has 3 nitrogen and oxygen atoms in total. The van der Waals surface area contributed by atoms with E-state index in [0.717, 1.165) is 18.1 Å². The molecule has 0 unspecified atom stereocenters. The van der Waals surface area contributed by atoms with E-state index in [1.807, 2.05) is 11.8 Å². The lowest BCUT2D eigenvalue weighted by Crippen LogP contribution is -2.20. The molecule has 2 N–H and O–H groups in total. The summed E-state index contributed by atoms with van der Waals surface area (Å²) >= 11 is 1.87. The lowest BCUT2D eigenvalue weighted by atomic mass is 10.3. The Bertz CT molecular complexity index is 360. The monoisotopic (exact) mass is 226 g/mol. The van der Waals surface area contributed by atoms with Gasteiger partial charge in [-0.1, -0.05) is 13.8 Å². The fourth-order valence-electron chi connectivity index (χ4n) is 1.21. The fraction of sp³-hybridized carbons (Fsp3) is 0.545. The third-order valence-electron chi connectivity index (χ3n) is 1.93. The van der Waals surface area contributed by atoms with E-state index in [9.17, 15) is 4.79 Å². The van der Waals surface area contributed by atoms with Crippen molar-refractivity contribution in [3.05, 3.63) is 28.7 Å². The predicted molar refractivity (Wildman–Crippen MR) is 67.3 cm³/mol. The molecule has 84 valence electrons. The number of nitrogens with zero attached hydrogens (tertiary/aromatic N) is 1. The molecule has 0 saturated carbocycles. The Hall–Kier alpha value is -0.900. The van der Waals surface area contributed by atoms with Gasteiger partial charge in [0.2, 0.25) is 0 Å². The molecule has 0 aromatic carbocycles. The van der Waals surface area contributed by atoms with Crippen molar-refractivity contribution in [2.75, 3.05) is 17.2 Å². The first kappa shape index (κ1) is 12.2. The number of pyridine rings is 1. The number of rotatable bonds is 5. The van der Waals surface area contributed by atoms with E-state index in [1.165, 1.54) is 6.07 Å². The molecule has 0 radical (unpaired) electrons. The number of aromatic nitrogens is 1. The van der Waals surface area contributed by atoms with Gasteiger partial charge in [-0.2, -0.15) is 11.8 Å². The van der Waals surface area contributed by atoms with Gasteiger partial charge in [0.15, 0.2) is 0 Å². The normalized spacial score (nSPS) is 10.9. The maximum Gasteiger partial charge on any atom is 0.250 e. The van der Waals surface area contributed by atoms with Crippen LogP contribution in [0, 0.1) is 5.92 Å². The minimum absolute atomic E-state index is 0.0225. The number of aryl methyl sites for hydroxylation is 1. The Kier molecular flexibility index (Phi) is 4.75. The summed E-state index contributed by atoms with van der Waals surface area (Å²) in [6.07, 6.45) is 1.71. The summed E-state index contributed by atoms with van der Waals surface area (Å²) in [6, 6.07) is 3.16. The van der Waals surface area contributed by atoms with Crippen LogP contribution in [0.15, 0.2) is 23.1 Å². The summed E-state index contributed by atoms with van der Waals surface area (Å²) in [5.74, 6) is 2.80. The number of anilines is 1. The van der Waals surface area contributed by atoms with Gasteiger partial charge in [-0.05, 0) is 17.7 Å². The van der Waals surface area contributed by atoms with Crippen molar-refractivity contribution in [3.8, 4) is 0 Å². The Morgan fingerprint density at radius 2 is 2.20 bits per heavy atom. The molecule has 0 aliphatic carbocycles. The summed E-state index contributed by atoms with van der Waals surface area (Å²) in [4.78, 5) is 11.4. The zero-order valence-corrected chi connectivity index (χ0v) is 10.1. The molecule has 0 saturated heterocycles. The Morgan fingerprint density at radius 3 is 2.87 bits per heavy atom. The first-order valence-electron chi connectivity index (χ1n) is 5.13. The van der Waals surface area contributed by atoms with Crippen LogP contribution in [0.4, 0.5) is 5.69 Å². The van der Waals surface area contributed by atoms with Crippen molar-refractivity contribution < 1.29 is 0 Å². The van der Waals surface area contributed by atoms with Crippen molar-refractivity contribution in [2.24, 2.45) is 5.92 Å². The molecule has 15 heavy (non-hydrogen) atoms. The first-order valence-corrected chi connectivity index (χ1v) is 6.29. The minimum atomic E-state index is 0.0225. The van der Waals surface area contributed by atoms with Crippen molar-refractivity contribution >= 4 is 17.4 Å². The van der Waals surface area contributed by atoms with E-state index in [1.54, 1.807) is 16.8 Å². The van der Waals surface area contributed by atoms with Crippen LogP contribution < -0.4 is 11.3 Å². The number of hydrogen-bond acceptors (Lipinski definition) is 3. The zero-order valence-electron chi connectivity index (χ0n) is 9.27. The molecule has 1 aromatic rings. The second-order valence-electron chi connectivity index (χ2n) is 3.96. The van der Waals surface area contributed by atoms with Crippen LogP contribution >= 0.6 is 11.8 Å². The highest BCUT2D eigenvalue weighted by Gasteiger charge is 1.98. The lowest BCUT2D eigenvalue weighted by Gasteiger charge is -2.07. The Balaban J connectivity index is 2.43. The van der Waals surface area contributed by atoms with Gasteiger partial charge in [0.25, 0.3) is 5.56 Å². The topological polar surface area (TPSA) is 48.0 Å². The van der Waals surface area contributed by atoms with E-state index in [4.69, 9.17) is 5.73 Å². The van der Waals surface area contributed by atoms with Crippen molar-refractivity contribution in [1.29, 1.82) is 0 Å². The summed E-state index contributed by atoms with van der Waals surface area (Å²) in [6.45, 7) is 5.13. The van der Waals surface area contributed by atoms with Crippen molar-refractivity contribution in [3.63, 3.8) is 0 Å². The maximum atomic E-state index is 11.4. The molecule has 0 aliphatic heterocycles. The number of hydrogen-bond donors (Lipinski definition) is 1. The van der Waals surface area contributed by atoms with Gasteiger partial charge in [0, 0.05) is 30.2 Å². The molecule has 0 fully saturated rings. The molecular formula is C11H18N2OS. The van der Waals surface area contributed by atoms with E-state index >= 15 is 0 Å². The molecule has 4 heteroatoms. The quantitative estimate of drug-likeness (QED) is 0.779. The Labute approximate surface area is 94.7 Å². The highest BCUT2D eigenvalue weighted by molar-refractivity contribution is 7.99. The highest BCUT2D eigenvalue weighted by Crippen LogP contribution is 2.07. The standard InChI is InChI=1S/C11H18N2OS/c1-9(2)8-15-6-5-13-7-10(12)3-4-11(13)14/h3-4,7,9H,5-6,8,12H2,1-2H3. The molecule has 1 heterocycles. The number of nitrogens with two attached hydrogens (primary N) is 1. The van der Waals surface area contributed by atoms with Crippen LogP contribution in [0.1, 0.15) is 13.8 Å². The average Bonchev–Trinajstić information content (AvgIpc) is 2.17. The summed E-state index contributed by atoms with van der Waals surface area (Å²) in [5.41, 5.74) is 6.28. The average molecular weight is 226 g/mol. The SMILES string of the molecule is CC(C)CSCCn1cc(N)ccc1=O. The molecule has 0 amide bonds.